The van der Waals surface area contributed by atoms with Crippen LogP contribution in [0.15, 0.2) is 18.2 Å². The third-order valence-electron chi connectivity index (χ3n) is 1.93. The van der Waals surface area contributed by atoms with Crippen LogP contribution in [0.2, 0.25) is 0 Å². The topological polar surface area (TPSA) is 87.6 Å². The molecule has 1 aromatic carbocycles. The number of nitrogen functional groups attached to an aromatic ring is 1. The van der Waals surface area contributed by atoms with Crippen LogP contribution < -0.4 is 10.5 Å². The predicted octanol–water partition coefficient (Wildman–Crippen LogP) is 1.59. The van der Waals surface area contributed by atoms with Gasteiger partial charge in [0, 0.05) is 19.2 Å². The molecule has 1 atom stereocenters. The van der Waals surface area contributed by atoms with Crippen molar-refractivity contribution in [3.63, 3.8) is 0 Å². The van der Waals surface area contributed by atoms with Gasteiger partial charge in [0.2, 0.25) is 0 Å². The average molecular weight is 226 g/mol. The molecule has 6 nitrogen and oxygen atoms in total. The number of ether oxygens (including phenoxy) is 2. The molecule has 0 fully saturated rings. The van der Waals surface area contributed by atoms with Gasteiger partial charge in [-0.15, -0.1) is 0 Å². The number of nitro groups is 1. The summed E-state index contributed by atoms with van der Waals surface area (Å²) in [6.45, 7) is 2.28. The zero-order valence-electron chi connectivity index (χ0n) is 9.17. The average Bonchev–Trinajstić information content (AvgIpc) is 2.17. The molecule has 0 saturated carbocycles. The Morgan fingerprint density at radius 2 is 2.25 bits per heavy atom. The molecule has 0 radical (unpaired) electrons. The number of nitrogens with two attached hydrogens (primary N) is 1. The van der Waals surface area contributed by atoms with E-state index >= 15 is 0 Å². The Labute approximate surface area is 93.1 Å². The monoisotopic (exact) mass is 226 g/mol. The Hall–Kier alpha value is -1.82. The van der Waals surface area contributed by atoms with E-state index in [-0.39, 0.29) is 17.5 Å². The quantitative estimate of drug-likeness (QED) is 0.468. The minimum Gasteiger partial charge on any atom is -0.488 e. The summed E-state index contributed by atoms with van der Waals surface area (Å²) in [7, 11) is 1.57. The van der Waals surface area contributed by atoms with Gasteiger partial charge in [-0.1, -0.05) is 0 Å². The lowest BCUT2D eigenvalue weighted by Crippen LogP contribution is -2.18. The fourth-order valence-corrected chi connectivity index (χ4v) is 1.27. The van der Waals surface area contributed by atoms with Gasteiger partial charge in [0.05, 0.1) is 11.5 Å². The summed E-state index contributed by atoms with van der Waals surface area (Å²) in [5.74, 6) is 0.493. The van der Waals surface area contributed by atoms with E-state index in [9.17, 15) is 10.1 Å². The minimum absolute atomic E-state index is 0.0899. The van der Waals surface area contributed by atoms with Crippen molar-refractivity contribution >= 4 is 11.4 Å². The zero-order chi connectivity index (χ0) is 12.1. The molecule has 0 aliphatic heterocycles. The van der Waals surface area contributed by atoms with Crippen molar-refractivity contribution in [3.8, 4) is 5.75 Å². The highest BCUT2D eigenvalue weighted by Gasteiger charge is 2.12. The van der Waals surface area contributed by atoms with Crippen LogP contribution in [0.5, 0.6) is 5.75 Å². The minimum atomic E-state index is -0.530. The number of rotatable bonds is 5. The maximum atomic E-state index is 10.5. The Morgan fingerprint density at radius 3 is 2.75 bits per heavy atom. The lowest BCUT2D eigenvalue weighted by Gasteiger charge is -2.13. The van der Waals surface area contributed by atoms with Gasteiger partial charge in [0.1, 0.15) is 17.5 Å². The van der Waals surface area contributed by atoms with E-state index in [1.54, 1.807) is 7.11 Å². The van der Waals surface area contributed by atoms with Crippen LogP contribution in [-0.4, -0.2) is 24.7 Å². The SMILES string of the molecule is COCC(C)Oc1ccc([N+](=O)[O-])c(N)c1. The molecule has 0 saturated heterocycles. The lowest BCUT2D eigenvalue weighted by molar-refractivity contribution is -0.383. The lowest BCUT2D eigenvalue weighted by atomic mass is 10.2. The molecule has 0 aliphatic rings. The molecule has 0 spiro atoms. The molecule has 1 aromatic rings. The molecule has 0 aromatic heterocycles. The van der Waals surface area contributed by atoms with Crippen molar-refractivity contribution in [1.82, 2.24) is 0 Å². The normalized spacial score (nSPS) is 12.1. The maximum absolute atomic E-state index is 10.5. The van der Waals surface area contributed by atoms with Crippen molar-refractivity contribution < 1.29 is 14.4 Å². The summed E-state index contributed by atoms with van der Waals surface area (Å²) in [4.78, 5) is 9.99. The molecule has 2 N–H and O–H groups in total. The highest BCUT2D eigenvalue weighted by molar-refractivity contribution is 5.60. The Kier molecular flexibility index (Phi) is 4.07. The van der Waals surface area contributed by atoms with E-state index in [1.165, 1.54) is 18.2 Å². The van der Waals surface area contributed by atoms with Gasteiger partial charge in [0.15, 0.2) is 0 Å². The molecular weight excluding hydrogens is 212 g/mol. The first kappa shape index (κ1) is 12.3. The third kappa shape index (κ3) is 3.09. The van der Waals surface area contributed by atoms with Crippen LogP contribution in [0.4, 0.5) is 11.4 Å². The van der Waals surface area contributed by atoms with Crippen LogP contribution in [0, 0.1) is 10.1 Å². The Balaban J connectivity index is 2.77. The molecule has 0 amide bonds. The highest BCUT2D eigenvalue weighted by Crippen LogP contribution is 2.26. The molecule has 6 heteroatoms. The van der Waals surface area contributed by atoms with Crippen LogP contribution >= 0.6 is 0 Å². The molecule has 0 heterocycles. The number of nitro benzene ring substituents is 1. The van der Waals surface area contributed by atoms with Crippen molar-refractivity contribution in [3.05, 3.63) is 28.3 Å². The fourth-order valence-electron chi connectivity index (χ4n) is 1.27. The van der Waals surface area contributed by atoms with Gasteiger partial charge in [0.25, 0.3) is 5.69 Å². The zero-order valence-corrected chi connectivity index (χ0v) is 9.17. The summed E-state index contributed by atoms with van der Waals surface area (Å²) in [5, 5.41) is 10.5. The molecule has 0 bridgehead atoms. The molecule has 1 rings (SSSR count). The number of hydrogen-bond acceptors (Lipinski definition) is 5. The predicted molar refractivity (Wildman–Crippen MR) is 59.5 cm³/mol. The Bertz CT molecular complexity index is 381. The largest absolute Gasteiger partial charge is 0.488 e. The summed E-state index contributed by atoms with van der Waals surface area (Å²) < 4.78 is 10.3. The first-order chi connectivity index (χ1) is 7.54. The summed E-state index contributed by atoms with van der Waals surface area (Å²) in [5.41, 5.74) is 5.49. The first-order valence-electron chi connectivity index (χ1n) is 4.74. The molecular formula is C10H14N2O4. The van der Waals surface area contributed by atoms with Gasteiger partial charge in [-0.2, -0.15) is 0 Å². The first-order valence-corrected chi connectivity index (χ1v) is 4.74. The van der Waals surface area contributed by atoms with E-state index in [0.717, 1.165) is 0 Å². The van der Waals surface area contributed by atoms with Crippen LogP contribution in [0.25, 0.3) is 0 Å². The van der Waals surface area contributed by atoms with Crippen molar-refractivity contribution in [2.45, 2.75) is 13.0 Å². The molecule has 16 heavy (non-hydrogen) atoms. The van der Waals surface area contributed by atoms with E-state index < -0.39 is 4.92 Å². The number of benzene rings is 1. The van der Waals surface area contributed by atoms with Crippen molar-refractivity contribution in [2.75, 3.05) is 19.5 Å². The number of nitrogens with zero attached hydrogens (tertiary/aromatic N) is 1. The third-order valence-corrected chi connectivity index (χ3v) is 1.93. The summed E-state index contributed by atoms with van der Waals surface area (Å²) >= 11 is 0. The second-order valence-corrected chi connectivity index (χ2v) is 3.36. The van der Waals surface area contributed by atoms with Gasteiger partial charge < -0.3 is 15.2 Å². The number of hydrogen-bond donors (Lipinski definition) is 1. The number of anilines is 1. The highest BCUT2D eigenvalue weighted by atomic mass is 16.6. The fraction of sp³-hybridized carbons (Fsp3) is 0.400. The standard InChI is InChI=1S/C10H14N2O4/c1-7(6-15-2)16-8-3-4-10(12(13)14)9(11)5-8/h3-5,7H,6,11H2,1-2H3. The summed E-state index contributed by atoms with van der Waals surface area (Å²) in [6.07, 6.45) is -0.133. The maximum Gasteiger partial charge on any atom is 0.292 e. The van der Waals surface area contributed by atoms with Gasteiger partial charge in [-0.3, -0.25) is 10.1 Å². The Morgan fingerprint density at radius 1 is 1.56 bits per heavy atom. The molecule has 0 aliphatic carbocycles. The van der Waals surface area contributed by atoms with Gasteiger partial charge in [-0.05, 0) is 13.0 Å². The van der Waals surface area contributed by atoms with E-state index in [2.05, 4.69) is 0 Å². The van der Waals surface area contributed by atoms with Crippen LogP contribution in [0.3, 0.4) is 0 Å². The van der Waals surface area contributed by atoms with E-state index in [1.807, 2.05) is 6.92 Å². The van der Waals surface area contributed by atoms with Crippen molar-refractivity contribution in [2.24, 2.45) is 0 Å². The second kappa shape index (κ2) is 5.32. The number of methoxy groups -OCH3 is 1. The van der Waals surface area contributed by atoms with E-state index in [4.69, 9.17) is 15.2 Å². The van der Waals surface area contributed by atoms with Crippen molar-refractivity contribution in [1.29, 1.82) is 0 Å². The molecule has 1 unspecified atom stereocenters. The van der Waals surface area contributed by atoms with Gasteiger partial charge >= 0.3 is 0 Å². The van der Waals surface area contributed by atoms with E-state index in [0.29, 0.717) is 12.4 Å². The summed E-state index contributed by atoms with van der Waals surface area (Å²) in [6, 6.07) is 4.27. The van der Waals surface area contributed by atoms with Crippen LogP contribution in [-0.2, 0) is 4.74 Å². The van der Waals surface area contributed by atoms with Gasteiger partial charge in [-0.25, -0.2) is 0 Å². The second-order valence-electron chi connectivity index (χ2n) is 3.36. The smallest absolute Gasteiger partial charge is 0.292 e. The van der Waals surface area contributed by atoms with Crippen LogP contribution in [0.1, 0.15) is 6.92 Å². The molecule has 88 valence electrons.